The molecule has 2 unspecified atom stereocenters. The molecule has 0 saturated carbocycles. The zero-order valence-electron chi connectivity index (χ0n) is 12.3. The standard InChI is InChI=1S/C16H24FNO3/c17-16-4-2-1-3-14(16)11-21-12-15(19)9-18-7-5-13-6-8-20-10-13/h1-4,13,15,18-19H,5-12H2. The highest BCUT2D eigenvalue weighted by molar-refractivity contribution is 5.16. The van der Waals surface area contributed by atoms with Gasteiger partial charge < -0.3 is 19.9 Å². The predicted octanol–water partition coefficient (Wildman–Crippen LogP) is 1.72. The van der Waals surface area contributed by atoms with Gasteiger partial charge in [-0.05, 0) is 31.4 Å². The third-order valence-corrected chi connectivity index (χ3v) is 3.66. The van der Waals surface area contributed by atoms with Crippen molar-refractivity contribution in [1.82, 2.24) is 5.32 Å². The SMILES string of the molecule is OC(CNCCC1CCOC1)COCc1ccccc1F. The third-order valence-electron chi connectivity index (χ3n) is 3.66. The first-order chi connectivity index (χ1) is 10.3. The maximum Gasteiger partial charge on any atom is 0.128 e. The zero-order valence-corrected chi connectivity index (χ0v) is 12.3. The van der Waals surface area contributed by atoms with Gasteiger partial charge in [0.1, 0.15) is 5.82 Å². The molecule has 5 heteroatoms. The largest absolute Gasteiger partial charge is 0.389 e. The van der Waals surface area contributed by atoms with E-state index in [2.05, 4.69) is 5.32 Å². The second-order valence-corrected chi connectivity index (χ2v) is 5.48. The van der Waals surface area contributed by atoms with Crippen LogP contribution >= 0.6 is 0 Å². The van der Waals surface area contributed by atoms with Gasteiger partial charge in [0.2, 0.25) is 0 Å². The molecule has 1 aromatic rings. The Hall–Kier alpha value is -1.01. The van der Waals surface area contributed by atoms with Gasteiger partial charge in [-0.1, -0.05) is 18.2 Å². The quantitative estimate of drug-likeness (QED) is 0.682. The fourth-order valence-electron chi connectivity index (χ4n) is 2.37. The van der Waals surface area contributed by atoms with Crippen LogP contribution < -0.4 is 5.32 Å². The molecule has 0 aliphatic carbocycles. The number of nitrogens with one attached hydrogen (secondary N) is 1. The molecule has 1 saturated heterocycles. The number of aliphatic hydroxyl groups is 1. The molecule has 1 fully saturated rings. The van der Waals surface area contributed by atoms with Crippen molar-refractivity contribution in [2.75, 3.05) is 32.9 Å². The average molecular weight is 297 g/mol. The van der Waals surface area contributed by atoms with E-state index in [1.54, 1.807) is 18.2 Å². The third kappa shape index (κ3) is 6.09. The number of halogens is 1. The van der Waals surface area contributed by atoms with Crippen LogP contribution in [0, 0.1) is 11.7 Å². The van der Waals surface area contributed by atoms with Crippen LogP contribution in [0.1, 0.15) is 18.4 Å². The summed E-state index contributed by atoms with van der Waals surface area (Å²) in [5.41, 5.74) is 0.513. The van der Waals surface area contributed by atoms with E-state index in [-0.39, 0.29) is 19.0 Å². The van der Waals surface area contributed by atoms with Gasteiger partial charge >= 0.3 is 0 Å². The van der Waals surface area contributed by atoms with Gasteiger partial charge in [0.15, 0.2) is 0 Å². The molecule has 0 amide bonds. The lowest BCUT2D eigenvalue weighted by Gasteiger charge is -2.13. The van der Waals surface area contributed by atoms with Gasteiger partial charge in [-0.25, -0.2) is 4.39 Å². The molecule has 118 valence electrons. The molecule has 2 rings (SSSR count). The Morgan fingerprint density at radius 1 is 1.43 bits per heavy atom. The van der Waals surface area contributed by atoms with E-state index in [1.807, 2.05) is 0 Å². The summed E-state index contributed by atoms with van der Waals surface area (Å²) in [6, 6.07) is 6.51. The monoisotopic (exact) mass is 297 g/mol. The molecule has 4 nitrogen and oxygen atoms in total. The van der Waals surface area contributed by atoms with E-state index in [9.17, 15) is 9.50 Å². The lowest BCUT2D eigenvalue weighted by molar-refractivity contribution is 0.0278. The predicted molar refractivity (Wildman–Crippen MR) is 78.5 cm³/mol. The van der Waals surface area contributed by atoms with Crippen molar-refractivity contribution in [1.29, 1.82) is 0 Å². The van der Waals surface area contributed by atoms with Crippen LogP contribution in [0.25, 0.3) is 0 Å². The first-order valence-electron chi connectivity index (χ1n) is 7.53. The molecule has 0 aromatic heterocycles. The topological polar surface area (TPSA) is 50.7 Å². The van der Waals surface area contributed by atoms with E-state index in [1.165, 1.54) is 6.07 Å². The molecule has 0 spiro atoms. The first kappa shape index (κ1) is 16.4. The van der Waals surface area contributed by atoms with Gasteiger partial charge in [0, 0.05) is 25.3 Å². The molecule has 1 aromatic carbocycles. The molecular formula is C16H24FNO3. The number of aliphatic hydroxyl groups excluding tert-OH is 1. The maximum atomic E-state index is 13.3. The van der Waals surface area contributed by atoms with Crippen LogP contribution in [-0.4, -0.2) is 44.1 Å². The normalized spacial score (nSPS) is 19.8. The van der Waals surface area contributed by atoms with Crippen LogP contribution in [-0.2, 0) is 16.1 Å². The smallest absolute Gasteiger partial charge is 0.128 e. The summed E-state index contributed by atoms with van der Waals surface area (Å²) in [7, 11) is 0. The van der Waals surface area contributed by atoms with Crippen molar-refractivity contribution in [3.63, 3.8) is 0 Å². The number of ether oxygens (including phenoxy) is 2. The van der Waals surface area contributed by atoms with E-state index in [0.29, 0.717) is 18.0 Å². The highest BCUT2D eigenvalue weighted by atomic mass is 19.1. The summed E-state index contributed by atoms with van der Waals surface area (Å²) in [5.74, 6) is 0.371. The minimum atomic E-state index is -0.573. The molecule has 2 N–H and O–H groups in total. The summed E-state index contributed by atoms with van der Waals surface area (Å²) in [6.45, 7) is 3.48. The van der Waals surface area contributed by atoms with Crippen molar-refractivity contribution in [2.24, 2.45) is 5.92 Å². The number of benzene rings is 1. The highest BCUT2D eigenvalue weighted by Crippen LogP contribution is 2.15. The van der Waals surface area contributed by atoms with Crippen LogP contribution in [0.5, 0.6) is 0 Å². The Morgan fingerprint density at radius 3 is 3.05 bits per heavy atom. The molecule has 21 heavy (non-hydrogen) atoms. The first-order valence-corrected chi connectivity index (χ1v) is 7.53. The second-order valence-electron chi connectivity index (χ2n) is 5.48. The van der Waals surface area contributed by atoms with Crippen LogP contribution in [0.3, 0.4) is 0 Å². The molecule has 0 bridgehead atoms. The number of hydrogen-bond donors (Lipinski definition) is 2. The lowest BCUT2D eigenvalue weighted by atomic mass is 10.1. The number of rotatable bonds is 9. The molecule has 1 aliphatic rings. The minimum absolute atomic E-state index is 0.184. The van der Waals surface area contributed by atoms with E-state index in [4.69, 9.17) is 9.47 Å². The molecule has 2 atom stereocenters. The van der Waals surface area contributed by atoms with Crippen molar-refractivity contribution in [3.05, 3.63) is 35.6 Å². The average Bonchev–Trinajstić information content (AvgIpc) is 2.99. The van der Waals surface area contributed by atoms with Gasteiger partial charge in [-0.15, -0.1) is 0 Å². The van der Waals surface area contributed by atoms with Crippen molar-refractivity contribution in [2.45, 2.75) is 25.6 Å². The fourth-order valence-corrected chi connectivity index (χ4v) is 2.37. The van der Waals surface area contributed by atoms with Crippen LogP contribution in [0.4, 0.5) is 4.39 Å². The van der Waals surface area contributed by atoms with E-state index >= 15 is 0 Å². The molecule has 1 aliphatic heterocycles. The van der Waals surface area contributed by atoms with Crippen molar-refractivity contribution < 1.29 is 19.0 Å². The van der Waals surface area contributed by atoms with Gasteiger partial charge in [-0.2, -0.15) is 0 Å². The fraction of sp³-hybridized carbons (Fsp3) is 0.625. The molecule has 1 heterocycles. The maximum absolute atomic E-state index is 13.3. The van der Waals surface area contributed by atoms with Gasteiger partial charge in [0.05, 0.1) is 19.3 Å². The summed E-state index contributed by atoms with van der Waals surface area (Å²) < 4.78 is 24.0. The Bertz CT molecular complexity index is 410. The summed E-state index contributed by atoms with van der Waals surface area (Å²) in [5, 5.41) is 13.0. The number of hydrogen-bond acceptors (Lipinski definition) is 4. The Morgan fingerprint density at radius 2 is 2.29 bits per heavy atom. The van der Waals surface area contributed by atoms with E-state index < -0.39 is 6.10 Å². The Balaban J connectivity index is 1.51. The molecular weight excluding hydrogens is 273 g/mol. The molecule has 0 radical (unpaired) electrons. The zero-order chi connectivity index (χ0) is 14.9. The summed E-state index contributed by atoms with van der Waals surface area (Å²) in [6.07, 6.45) is 1.63. The van der Waals surface area contributed by atoms with Crippen molar-refractivity contribution >= 4 is 0 Å². The van der Waals surface area contributed by atoms with Crippen LogP contribution in [0.15, 0.2) is 24.3 Å². The lowest BCUT2D eigenvalue weighted by Crippen LogP contribution is -2.31. The van der Waals surface area contributed by atoms with Crippen LogP contribution in [0.2, 0.25) is 0 Å². The minimum Gasteiger partial charge on any atom is -0.389 e. The van der Waals surface area contributed by atoms with E-state index in [0.717, 1.165) is 32.6 Å². The van der Waals surface area contributed by atoms with Gasteiger partial charge in [0.25, 0.3) is 0 Å². The Labute approximate surface area is 125 Å². The second kappa shape index (κ2) is 9.10. The Kier molecular flexibility index (Phi) is 7.09. The summed E-state index contributed by atoms with van der Waals surface area (Å²) in [4.78, 5) is 0. The van der Waals surface area contributed by atoms with Gasteiger partial charge in [-0.3, -0.25) is 0 Å². The highest BCUT2D eigenvalue weighted by Gasteiger charge is 2.14. The summed E-state index contributed by atoms with van der Waals surface area (Å²) >= 11 is 0. The van der Waals surface area contributed by atoms with Crippen molar-refractivity contribution in [3.8, 4) is 0 Å².